The molecule has 0 aliphatic carbocycles. The normalized spacial score (nSPS) is 10.8. The summed E-state index contributed by atoms with van der Waals surface area (Å²) in [6.45, 7) is 5.20. The Kier molecular flexibility index (Phi) is 8.01. The van der Waals surface area contributed by atoms with Crippen molar-refractivity contribution in [2.24, 2.45) is 5.92 Å². The number of nitrogens with zero attached hydrogens (tertiary/aromatic N) is 1. The maximum atomic E-state index is 14.3. The number of halogens is 2. The van der Waals surface area contributed by atoms with E-state index in [0.29, 0.717) is 6.54 Å². The predicted octanol–water partition coefficient (Wildman–Crippen LogP) is 4.62. The van der Waals surface area contributed by atoms with Crippen LogP contribution in [0.25, 0.3) is 11.3 Å². The van der Waals surface area contributed by atoms with Crippen LogP contribution in [0, 0.1) is 18.7 Å². The second-order valence-electron chi connectivity index (χ2n) is 7.83. The minimum Gasteiger partial charge on any atom is -0.452 e. The highest BCUT2D eigenvalue weighted by atomic mass is 35.5. The quantitative estimate of drug-likeness (QED) is 0.448. The van der Waals surface area contributed by atoms with Gasteiger partial charge in [-0.3, -0.25) is 9.59 Å². The molecule has 0 bridgehead atoms. The first kappa shape index (κ1) is 24.9. The Morgan fingerprint density at radius 2 is 1.88 bits per heavy atom. The van der Waals surface area contributed by atoms with Gasteiger partial charge in [0.05, 0.1) is 21.8 Å². The number of aryl methyl sites for hydroxylation is 1. The smallest absolute Gasteiger partial charge is 0.344 e. The zero-order chi connectivity index (χ0) is 24.8. The standard InChI is InChI=1S/C24H23ClFN3O5/c1-13(2)11-27-23(31)15-7-4-5-10-18(15)28-19(30)12-33-24(32)20-14(3)34-29-22(20)21-16(25)8-6-9-17(21)26/h4-10,13H,11-12H2,1-3H3,(H,27,31)(H,28,30). The Bertz CT molecular complexity index is 1200. The Balaban J connectivity index is 1.70. The van der Waals surface area contributed by atoms with Crippen molar-refractivity contribution in [3.05, 3.63) is 70.2 Å². The number of anilines is 1. The topological polar surface area (TPSA) is 111 Å². The van der Waals surface area contributed by atoms with E-state index in [9.17, 15) is 18.8 Å². The molecular formula is C24H23ClFN3O5. The minimum atomic E-state index is -0.939. The van der Waals surface area contributed by atoms with Crippen molar-refractivity contribution in [2.45, 2.75) is 20.8 Å². The van der Waals surface area contributed by atoms with E-state index in [4.69, 9.17) is 20.9 Å². The molecule has 0 unspecified atom stereocenters. The van der Waals surface area contributed by atoms with Crippen LogP contribution in [0.4, 0.5) is 10.1 Å². The van der Waals surface area contributed by atoms with Crippen molar-refractivity contribution >= 4 is 35.1 Å². The number of amides is 2. The number of carbonyl (C=O) groups is 3. The fraction of sp³-hybridized carbons (Fsp3) is 0.250. The van der Waals surface area contributed by atoms with Gasteiger partial charge in [-0.25, -0.2) is 9.18 Å². The number of carbonyl (C=O) groups excluding carboxylic acids is 3. The van der Waals surface area contributed by atoms with Gasteiger partial charge < -0.3 is 19.9 Å². The molecule has 8 nitrogen and oxygen atoms in total. The van der Waals surface area contributed by atoms with E-state index in [1.165, 1.54) is 25.1 Å². The van der Waals surface area contributed by atoms with E-state index in [-0.39, 0.29) is 50.7 Å². The van der Waals surface area contributed by atoms with Crippen molar-refractivity contribution in [3.8, 4) is 11.3 Å². The molecule has 34 heavy (non-hydrogen) atoms. The average Bonchev–Trinajstić information content (AvgIpc) is 3.17. The van der Waals surface area contributed by atoms with Gasteiger partial charge in [-0.05, 0) is 37.1 Å². The summed E-state index contributed by atoms with van der Waals surface area (Å²) in [6.07, 6.45) is 0. The van der Waals surface area contributed by atoms with Gasteiger partial charge in [0.1, 0.15) is 22.8 Å². The number of rotatable bonds is 8. The molecule has 0 saturated carbocycles. The molecule has 0 spiro atoms. The van der Waals surface area contributed by atoms with Gasteiger partial charge in [0.25, 0.3) is 11.8 Å². The van der Waals surface area contributed by atoms with E-state index in [2.05, 4.69) is 15.8 Å². The molecule has 1 aromatic heterocycles. The van der Waals surface area contributed by atoms with Crippen LogP contribution in [-0.4, -0.2) is 36.1 Å². The molecule has 3 aromatic rings. The summed E-state index contributed by atoms with van der Waals surface area (Å²) in [5.41, 5.74) is 0.157. The number of esters is 1. The number of hydrogen-bond donors (Lipinski definition) is 2. The third-order valence-electron chi connectivity index (χ3n) is 4.72. The molecule has 0 atom stereocenters. The summed E-state index contributed by atoms with van der Waals surface area (Å²) in [6, 6.07) is 10.5. The molecule has 1 heterocycles. The fourth-order valence-electron chi connectivity index (χ4n) is 3.08. The van der Waals surface area contributed by atoms with Crippen LogP contribution < -0.4 is 10.6 Å². The van der Waals surface area contributed by atoms with Crippen LogP contribution in [-0.2, 0) is 9.53 Å². The largest absolute Gasteiger partial charge is 0.452 e. The molecule has 0 aliphatic heterocycles. The van der Waals surface area contributed by atoms with E-state index in [1.54, 1.807) is 24.3 Å². The monoisotopic (exact) mass is 487 g/mol. The number of nitrogens with one attached hydrogen (secondary N) is 2. The van der Waals surface area contributed by atoms with Crippen LogP contribution >= 0.6 is 11.6 Å². The summed E-state index contributed by atoms with van der Waals surface area (Å²) in [5.74, 6) is -2.31. The van der Waals surface area contributed by atoms with Crippen molar-refractivity contribution in [2.75, 3.05) is 18.5 Å². The van der Waals surface area contributed by atoms with Crippen LogP contribution in [0.1, 0.15) is 40.3 Å². The first-order valence-electron chi connectivity index (χ1n) is 10.4. The van der Waals surface area contributed by atoms with E-state index < -0.39 is 24.3 Å². The van der Waals surface area contributed by atoms with Gasteiger partial charge in [-0.15, -0.1) is 0 Å². The SMILES string of the molecule is Cc1onc(-c2c(F)cccc2Cl)c1C(=O)OCC(=O)Nc1ccccc1C(=O)NCC(C)C. The fourth-order valence-corrected chi connectivity index (χ4v) is 3.33. The van der Waals surface area contributed by atoms with Gasteiger partial charge in [0.2, 0.25) is 0 Å². The molecule has 2 N–H and O–H groups in total. The van der Waals surface area contributed by atoms with Crippen LogP contribution in [0.3, 0.4) is 0 Å². The first-order valence-corrected chi connectivity index (χ1v) is 10.8. The average molecular weight is 488 g/mol. The van der Waals surface area contributed by atoms with Crippen molar-refractivity contribution < 1.29 is 28.0 Å². The molecule has 3 rings (SSSR count). The van der Waals surface area contributed by atoms with Crippen molar-refractivity contribution in [1.82, 2.24) is 10.5 Å². The lowest BCUT2D eigenvalue weighted by Gasteiger charge is -2.12. The molecule has 0 fully saturated rings. The van der Waals surface area contributed by atoms with Crippen molar-refractivity contribution in [3.63, 3.8) is 0 Å². The maximum absolute atomic E-state index is 14.3. The number of ether oxygens (including phenoxy) is 1. The Hall–Kier alpha value is -3.72. The lowest BCUT2D eigenvalue weighted by atomic mass is 10.1. The third kappa shape index (κ3) is 5.79. The van der Waals surface area contributed by atoms with Gasteiger partial charge in [-0.2, -0.15) is 0 Å². The summed E-state index contributed by atoms with van der Waals surface area (Å²) < 4.78 is 24.5. The summed E-state index contributed by atoms with van der Waals surface area (Å²) in [4.78, 5) is 37.6. The maximum Gasteiger partial charge on any atom is 0.344 e. The minimum absolute atomic E-state index is 0.0347. The molecule has 2 amide bonds. The number of para-hydroxylation sites is 1. The zero-order valence-electron chi connectivity index (χ0n) is 18.8. The molecule has 0 saturated heterocycles. The number of hydrogen-bond acceptors (Lipinski definition) is 6. The number of aromatic nitrogens is 1. The van der Waals surface area contributed by atoms with Crippen molar-refractivity contribution in [1.29, 1.82) is 0 Å². The van der Waals surface area contributed by atoms with Gasteiger partial charge >= 0.3 is 5.97 Å². The van der Waals surface area contributed by atoms with E-state index >= 15 is 0 Å². The van der Waals surface area contributed by atoms with E-state index in [0.717, 1.165) is 0 Å². The zero-order valence-corrected chi connectivity index (χ0v) is 19.5. The summed E-state index contributed by atoms with van der Waals surface area (Å²) in [7, 11) is 0. The second kappa shape index (κ2) is 10.9. The van der Waals surface area contributed by atoms with Crippen LogP contribution in [0.5, 0.6) is 0 Å². The highest BCUT2D eigenvalue weighted by Gasteiger charge is 2.27. The Morgan fingerprint density at radius 3 is 2.59 bits per heavy atom. The molecule has 0 radical (unpaired) electrons. The highest BCUT2D eigenvalue weighted by molar-refractivity contribution is 6.33. The predicted molar refractivity (Wildman–Crippen MR) is 124 cm³/mol. The molecule has 10 heteroatoms. The van der Waals surface area contributed by atoms with Crippen LogP contribution in [0.15, 0.2) is 47.0 Å². The summed E-state index contributed by atoms with van der Waals surface area (Å²) >= 11 is 6.08. The third-order valence-corrected chi connectivity index (χ3v) is 5.03. The molecule has 178 valence electrons. The molecule has 0 aliphatic rings. The van der Waals surface area contributed by atoms with Crippen LogP contribution in [0.2, 0.25) is 5.02 Å². The van der Waals surface area contributed by atoms with Gasteiger partial charge in [-0.1, -0.05) is 48.8 Å². The Labute approximate surface area is 200 Å². The lowest BCUT2D eigenvalue weighted by molar-refractivity contribution is -0.119. The molecular weight excluding hydrogens is 465 g/mol. The Morgan fingerprint density at radius 1 is 1.15 bits per heavy atom. The van der Waals surface area contributed by atoms with Gasteiger partial charge in [0, 0.05) is 6.54 Å². The highest BCUT2D eigenvalue weighted by Crippen LogP contribution is 2.33. The number of benzene rings is 2. The summed E-state index contributed by atoms with van der Waals surface area (Å²) in [5, 5.41) is 9.12. The lowest BCUT2D eigenvalue weighted by Crippen LogP contribution is -2.29. The second-order valence-corrected chi connectivity index (χ2v) is 8.24. The van der Waals surface area contributed by atoms with E-state index in [1.807, 2.05) is 13.8 Å². The first-order chi connectivity index (χ1) is 16.2. The van der Waals surface area contributed by atoms with Gasteiger partial charge in [0.15, 0.2) is 6.61 Å². The molecule has 2 aromatic carbocycles.